The molecular weight excluding hydrogens is 243 g/mol. The molecule has 0 aliphatic carbocycles. The predicted octanol–water partition coefficient (Wildman–Crippen LogP) is 2.24. The van der Waals surface area contributed by atoms with Gasteiger partial charge in [0.05, 0.1) is 0 Å². The van der Waals surface area contributed by atoms with Gasteiger partial charge in [-0.25, -0.2) is 0 Å². The number of hydrogen-bond acceptors (Lipinski definition) is 3. The maximum atomic E-state index is 12.5. The van der Waals surface area contributed by atoms with Gasteiger partial charge in [0.15, 0.2) is 0 Å². The third-order valence-corrected chi connectivity index (χ3v) is 3.01. The zero-order chi connectivity index (χ0) is 13.2. The van der Waals surface area contributed by atoms with E-state index in [-0.39, 0.29) is 13.0 Å². The smallest absolute Gasteiger partial charge is 0.367 e. The first kappa shape index (κ1) is 12.9. The highest BCUT2D eigenvalue weighted by atomic mass is 19.4. The van der Waals surface area contributed by atoms with Gasteiger partial charge in [-0.1, -0.05) is 6.08 Å². The minimum absolute atomic E-state index is 0.00976. The number of halogens is 3. The first-order valence-electron chi connectivity index (χ1n) is 5.66. The van der Waals surface area contributed by atoms with Crippen molar-refractivity contribution in [2.24, 2.45) is 5.73 Å². The van der Waals surface area contributed by atoms with E-state index in [2.05, 4.69) is 4.98 Å². The molecular formula is C12H14F3N3. The Morgan fingerprint density at radius 2 is 2.17 bits per heavy atom. The van der Waals surface area contributed by atoms with Crippen molar-refractivity contribution >= 4 is 5.69 Å². The van der Waals surface area contributed by atoms with Crippen LogP contribution in [-0.4, -0.2) is 24.2 Å². The van der Waals surface area contributed by atoms with Crippen LogP contribution in [0.1, 0.15) is 12.0 Å². The topological polar surface area (TPSA) is 42.1 Å². The van der Waals surface area contributed by atoms with Gasteiger partial charge in [0, 0.05) is 48.9 Å². The Morgan fingerprint density at radius 1 is 1.39 bits per heavy atom. The summed E-state index contributed by atoms with van der Waals surface area (Å²) < 4.78 is 37.5. The number of rotatable bonds is 2. The molecule has 18 heavy (non-hydrogen) atoms. The van der Waals surface area contributed by atoms with E-state index in [0.717, 1.165) is 11.3 Å². The summed E-state index contributed by atoms with van der Waals surface area (Å²) in [5.41, 5.74) is 6.86. The standard InChI is InChI=1S/C12H14F3N3/c13-12(14,15)10-2-5-18(6-3-10)11-1-4-17-8-9(11)7-16/h1-2,4,8H,3,5-7,16H2. The number of pyridine rings is 1. The highest BCUT2D eigenvalue weighted by Gasteiger charge is 2.34. The van der Waals surface area contributed by atoms with Crippen molar-refractivity contribution in [3.05, 3.63) is 35.7 Å². The maximum absolute atomic E-state index is 12.5. The normalized spacial score (nSPS) is 16.7. The van der Waals surface area contributed by atoms with Crippen LogP contribution in [0.25, 0.3) is 0 Å². The summed E-state index contributed by atoms with van der Waals surface area (Å²) >= 11 is 0. The van der Waals surface area contributed by atoms with Gasteiger partial charge in [-0.2, -0.15) is 13.2 Å². The molecule has 0 bridgehead atoms. The highest BCUT2D eigenvalue weighted by Crippen LogP contribution is 2.32. The minimum Gasteiger partial charge on any atom is -0.367 e. The van der Waals surface area contributed by atoms with Crippen LogP contribution in [0.5, 0.6) is 0 Å². The summed E-state index contributed by atoms with van der Waals surface area (Å²) in [6.07, 6.45) is 0.316. The van der Waals surface area contributed by atoms with Crippen molar-refractivity contribution in [3.8, 4) is 0 Å². The minimum atomic E-state index is -4.21. The first-order chi connectivity index (χ1) is 8.52. The molecule has 0 atom stereocenters. The molecule has 0 radical (unpaired) electrons. The molecule has 98 valence electrons. The van der Waals surface area contributed by atoms with Crippen LogP contribution in [0.15, 0.2) is 30.1 Å². The fraction of sp³-hybridized carbons (Fsp3) is 0.417. The highest BCUT2D eigenvalue weighted by molar-refractivity contribution is 5.53. The first-order valence-corrected chi connectivity index (χ1v) is 5.66. The molecule has 2 heterocycles. The van der Waals surface area contributed by atoms with Crippen molar-refractivity contribution in [2.45, 2.75) is 19.1 Å². The lowest BCUT2D eigenvalue weighted by Gasteiger charge is -2.30. The average molecular weight is 257 g/mol. The molecule has 0 spiro atoms. The zero-order valence-electron chi connectivity index (χ0n) is 9.74. The van der Waals surface area contributed by atoms with E-state index in [0.29, 0.717) is 13.1 Å². The molecule has 1 aromatic heterocycles. The van der Waals surface area contributed by atoms with Crippen molar-refractivity contribution < 1.29 is 13.2 Å². The van der Waals surface area contributed by atoms with E-state index in [9.17, 15) is 13.2 Å². The summed E-state index contributed by atoms with van der Waals surface area (Å²) in [6.45, 7) is 0.934. The van der Waals surface area contributed by atoms with E-state index < -0.39 is 11.7 Å². The van der Waals surface area contributed by atoms with E-state index in [1.165, 1.54) is 6.08 Å². The Kier molecular flexibility index (Phi) is 3.56. The van der Waals surface area contributed by atoms with Gasteiger partial charge >= 0.3 is 6.18 Å². The van der Waals surface area contributed by atoms with Crippen LogP contribution < -0.4 is 10.6 Å². The molecule has 1 aliphatic heterocycles. The number of nitrogens with two attached hydrogens (primary N) is 1. The Hall–Kier alpha value is -1.56. The molecule has 0 fully saturated rings. The monoisotopic (exact) mass is 257 g/mol. The van der Waals surface area contributed by atoms with Gasteiger partial charge in [0.2, 0.25) is 0 Å². The van der Waals surface area contributed by atoms with Crippen LogP contribution in [0.2, 0.25) is 0 Å². The number of hydrogen-bond donors (Lipinski definition) is 1. The summed E-state index contributed by atoms with van der Waals surface area (Å²) in [5.74, 6) is 0. The number of nitrogens with zero attached hydrogens (tertiary/aromatic N) is 2. The lowest BCUT2D eigenvalue weighted by atomic mass is 10.1. The second-order valence-electron chi connectivity index (χ2n) is 4.13. The summed E-state index contributed by atoms with van der Waals surface area (Å²) in [7, 11) is 0. The van der Waals surface area contributed by atoms with Crippen LogP contribution in [0.3, 0.4) is 0 Å². The number of anilines is 1. The van der Waals surface area contributed by atoms with Gasteiger partial charge < -0.3 is 10.6 Å². The Morgan fingerprint density at radius 3 is 2.72 bits per heavy atom. The molecule has 3 nitrogen and oxygen atoms in total. The van der Waals surface area contributed by atoms with Crippen LogP contribution in [0, 0.1) is 0 Å². The van der Waals surface area contributed by atoms with Gasteiger partial charge in [-0.05, 0) is 12.5 Å². The second kappa shape index (κ2) is 4.97. The van der Waals surface area contributed by atoms with Crippen molar-refractivity contribution in [1.29, 1.82) is 0 Å². The number of alkyl halides is 3. The summed E-state index contributed by atoms with van der Waals surface area (Å²) in [5, 5.41) is 0. The molecule has 2 rings (SSSR count). The lowest BCUT2D eigenvalue weighted by Crippen LogP contribution is -2.32. The molecule has 0 aromatic carbocycles. The zero-order valence-corrected chi connectivity index (χ0v) is 9.74. The van der Waals surface area contributed by atoms with Gasteiger partial charge in [0.1, 0.15) is 0 Å². The predicted molar refractivity (Wildman–Crippen MR) is 63.1 cm³/mol. The molecule has 0 saturated carbocycles. The molecule has 0 saturated heterocycles. The van der Waals surface area contributed by atoms with E-state index in [1.807, 2.05) is 4.90 Å². The van der Waals surface area contributed by atoms with Gasteiger partial charge in [-0.15, -0.1) is 0 Å². The maximum Gasteiger partial charge on any atom is 0.412 e. The van der Waals surface area contributed by atoms with Crippen LogP contribution >= 0.6 is 0 Å². The van der Waals surface area contributed by atoms with E-state index >= 15 is 0 Å². The number of aromatic nitrogens is 1. The summed E-state index contributed by atoms with van der Waals surface area (Å²) in [6, 6.07) is 1.79. The van der Waals surface area contributed by atoms with E-state index in [1.54, 1.807) is 18.5 Å². The Bertz CT molecular complexity index is 454. The Labute approximate surface area is 103 Å². The average Bonchev–Trinajstić information content (AvgIpc) is 2.38. The molecule has 1 aromatic rings. The Balaban J connectivity index is 2.17. The molecule has 1 aliphatic rings. The lowest BCUT2D eigenvalue weighted by molar-refractivity contribution is -0.0943. The fourth-order valence-electron chi connectivity index (χ4n) is 2.03. The third-order valence-electron chi connectivity index (χ3n) is 3.01. The fourth-order valence-corrected chi connectivity index (χ4v) is 2.03. The van der Waals surface area contributed by atoms with Crippen LogP contribution in [-0.2, 0) is 6.54 Å². The van der Waals surface area contributed by atoms with Crippen molar-refractivity contribution in [3.63, 3.8) is 0 Å². The second-order valence-corrected chi connectivity index (χ2v) is 4.13. The molecule has 0 unspecified atom stereocenters. The quantitative estimate of drug-likeness (QED) is 0.826. The van der Waals surface area contributed by atoms with Gasteiger partial charge in [-0.3, -0.25) is 4.98 Å². The van der Waals surface area contributed by atoms with Crippen molar-refractivity contribution in [1.82, 2.24) is 4.98 Å². The van der Waals surface area contributed by atoms with Crippen LogP contribution in [0.4, 0.5) is 18.9 Å². The van der Waals surface area contributed by atoms with Gasteiger partial charge in [0.25, 0.3) is 0 Å². The third kappa shape index (κ3) is 2.64. The van der Waals surface area contributed by atoms with E-state index in [4.69, 9.17) is 5.73 Å². The molecule has 6 heteroatoms. The SMILES string of the molecule is NCc1cnccc1N1CC=C(C(F)(F)F)CC1. The molecule has 0 amide bonds. The van der Waals surface area contributed by atoms with Crippen molar-refractivity contribution in [2.75, 3.05) is 18.0 Å². The summed E-state index contributed by atoms with van der Waals surface area (Å²) in [4.78, 5) is 5.85. The molecule has 2 N–H and O–H groups in total. The largest absolute Gasteiger partial charge is 0.412 e.